The summed E-state index contributed by atoms with van der Waals surface area (Å²) >= 11 is 0. The van der Waals surface area contributed by atoms with Crippen molar-refractivity contribution in [3.63, 3.8) is 0 Å². The van der Waals surface area contributed by atoms with Crippen LogP contribution in [0.3, 0.4) is 0 Å². The summed E-state index contributed by atoms with van der Waals surface area (Å²) in [6.07, 6.45) is 0. The van der Waals surface area contributed by atoms with Crippen molar-refractivity contribution in [3.05, 3.63) is 18.2 Å². The van der Waals surface area contributed by atoms with Crippen LogP contribution >= 0.6 is 7.82 Å². The van der Waals surface area contributed by atoms with E-state index in [9.17, 15) is 4.57 Å². The maximum atomic E-state index is 12.3. The Morgan fingerprint density at radius 1 is 1.00 bits per heavy atom. The van der Waals surface area contributed by atoms with Crippen LogP contribution in [-0.2, 0) is 13.6 Å². The number of methoxy groups -OCH3 is 2. The van der Waals surface area contributed by atoms with E-state index in [0.29, 0.717) is 11.5 Å². The van der Waals surface area contributed by atoms with Crippen LogP contribution < -0.4 is 14.0 Å². The fourth-order valence-electron chi connectivity index (χ4n) is 1.38. The third kappa shape index (κ3) is 4.42. The van der Waals surface area contributed by atoms with E-state index in [-0.39, 0.29) is 19.0 Å². The van der Waals surface area contributed by atoms with Gasteiger partial charge < -0.3 is 14.0 Å². The molecule has 0 radical (unpaired) electrons. The predicted octanol–water partition coefficient (Wildman–Crippen LogP) is 3.26. The van der Waals surface area contributed by atoms with E-state index in [4.69, 9.17) is 23.0 Å². The standard InChI is InChI=1S/C12H19O6P/c1-5-16-19(13,17-6-2)18-11-8-7-10(14-3)9-12(11)15-4/h7-9H,5-6H2,1-4H3. The molecule has 0 fully saturated rings. The molecule has 0 unspecified atom stereocenters. The molecule has 0 N–H and O–H groups in total. The van der Waals surface area contributed by atoms with Gasteiger partial charge in [0, 0.05) is 6.07 Å². The Bertz CT molecular complexity index is 438. The first-order valence-electron chi connectivity index (χ1n) is 5.89. The molecule has 1 aromatic carbocycles. The number of hydrogen-bond acceptors (Lipinski definition) is 6. The van der Waals surface area contributed by atoms with Crippen LogP contribution in [0.4, 0.5) is 0 Å². The maximum absolute atomic E-state index is 12.3. The molecule has 1 aromatic rings. The van der Waals surface area contributed by atoms with E-state index in [1.54, 1.807) is 39.2 Å². The normalized spacial score (nSPS) is 11.2. The molecule has 0 saturated heterocycles. The minimum atomic E-state index is -3.63. The highest BCUT2D eigenvalue weighted by molar-refractivity contribution is 7.48. The van der Waals surface area contributed by atoms with E-state index >= 15 is 0 Å². The first-order chi connectivity index (χ1) is 9.08. The van der Waals surface area contributed by atoms with Crippen molar-refractivity contribution in [2.75, 3.05) is 27.4 Å². The first kappa shape index (κ1) is 15.8. The third-order valence-electron chi connectivity index (χ3n) is 2.16. The lowest BCUT2D eigenvalue weighted by molar-refractivity contribution is 0.166. The van der Waals surface area contributed by atoms with Crippen molar-refractivity contribution < 1.29 is 27.6 Å². The topological polar surface area (TPSA) is 63.2 Å². The predicted molar refractivity (Wildman–Crippen MR) is 71.0 cm³/mol. The van der Waals surface area contributed by atoms with Crippen LogP contribution in [0.1, 0.15) is 13.8 Å². The maximum Gasteiger partial charge on any atom is 0.530 e. The van der Waals surface area contributed by atoms with Crippen molar-refractivity contribution >= 4 is 7.82 Å². The van der Waals surface area contributed by atoms with Crippen LogP contribution in [0.15, 0.2) is 18.2 Å². The second-order valence-electron chi connectivity index (χ2n) is 3.39. The molecular weight excluding hydrogens is 271 g/mol. The number of rotatable bonds is 8. The monoisotopic (exact) mass is 290 g/mol. The van der Waals surface area contributed by atoms with E-state index in [1.165, 1.54) is 7.11 Å². The number of phosphoric ester groups is 1. The van der Waals surface area contributed by atoms with Crippen LogP contribution in [-0.4, -0.2) is 27.4 Å². The Morgan fingerprint density at radius 2 is 1.63 bits per heavy atom. The van der Waals surface area contributed by atoms with Crippen molar-refractivity contribution in [1.29, 1.82) is 0 Å². The summed E-state index contributed by atoms with van der Waals surface area (Å²) < 4.78 is 37.9. The molecule has 0 aliphatic rings. The SMILES string of the molecule is CCOP(=O)(OCC)Oc1ccc(OC)cc1OC. The van der Waals surface area contributed by atoms with Crippen molar-refractivity contribution in [1.82, 2.24) is 0 Å². The zero-order chi connectivity index (χ0) is 14.3. The average molecular weight is 290 g/mol. The fourth-order valence-corrected chi connectivity index (χ4v) is 2.58. The van der Waals surface area contributed by atoms with Crippen molar-refractivity contribution in [2.24, 2.45) is 0 Å². The van der Waals surface area contributed by atoms with Crippen LogP contribution in [0.25, 0.3) is 0 Å². The molecule has 0 aliphatic carbocycles. The molecule has 6 nitrogen and oxygen atoms in total. The summed E-state index contributed by atoms with van der Waals surface area (Å²) in [5.41, 5.74) is 0. The Labute approximate surface area is 113 Å². The molecule has 0 amide bonds. The second kappa shape index (κ2) is 7.38. The first-order valence-corrected chi connectivity index (χ1v) is 7.35. The summed E-state index contributed by atoms with van der Waals surface area (Å²) in [6.45, 7) is 3.85. The molecule has 1 rings (SSSR count). The molecule has 0 spiro atoms. The lowest BCUT2D eigenvalue weighted by atomic mass is 10.3. The summed E-state index contributed by atoms with van der Waals surface area (Å²) in [5.74, 6) is 1.26. The van der Waals surface area contributed by atoms with Gasteiger partial charge in [0.25, 0.3) is 0 Å². The van der Waals surface area contributed by atoms with E-state index in [2.05, 4.69) is 0 Å². The minimum absolute atomic E-state index is 0.218. The Morgan fingerprint density at radius 3 is 2.11 bits per heavy atom. The van der Waals surface area contributed by atoms with Gasteiger partial charge in [0.2, 0.25) is 0 Å². The Kier molecular flexibility index (Phi) is 6.15. The molecule has 0 saturated carbocycles. The van der Waals surface area contributed by atoms with Gasteiger partial charge in [-0.05, 0) is 26.0 Å². The number of hydrogen-bond donors (Lipinski definition) is 0. The van der Waals surface area contributed by atoms with Gasteiger partial charge in [-0.2, -0.15) is 0 Å². The third-order valence-corrected chi connectivity index (χ3v) is 3.72. The molecule has 0 heterocycles. The molecule has 0 atom stereocenters. The zero-order valence-corrected chi connectivity index (χ0v) is 12.4. The molecule has 0 bridgehead atoms. The quantitative estimate of drug-likeness (QED) is 0.685. The summed E-state index contributed by atoms with van der Waals surface area (Å²) in [4.78, 5) is 0. The number of benzene rings is 1. The fraction of sp³-hybridized carbons (Fsp3) is 0.500. The number of ether oxygens (including phenoxy) is 2. The second-order valence-corrected chi connectivity index (χ2v) is 4.98. The van der Waals surface area contributed by atoms with Gasteiger partial charge in [0.05, 0.1) is 27.4 Å². The smallest absolute Gasteiger partial charge is 0.497 e. The minimum Gasteiger partial charge on any atom is -0.497 e. The van der Waals surface area contributed by atoms with Gasteiger partial charge in [0.1, 0.15) is 5.75 Å². The van der Waals surface area contributed by atoms with Gasteiger partial charge in [-0.15, -0.1) is 0 Å². The van der Waals surface area contributed by atoms with Gasteiger partial charge in [-0.1, -0.05) is 0 Å². The van der Waals surface area contributed by atoms with E-state index < -0.39 is 7.82 Å². The van der Waals surface area contributed by atoms with Gasteiger partial charge >= 0.3 is 7.82 Å². The molecular formula is C12H19O6P. The van der Waals surface area contributed by atoms with Crippen LogP contribution in [0.2, 0.25) is 0 Å². The highest BCUT2D eigenvalue weighted by Gasteiger charge is 2.28. The molecule has 108 valence electrons. The molecule has 7 heteroatoms. The molecule has 0 aromatic heterocycles. The van der Waals surface area contributed by atoms with Crippen molar-refractivity contribution in [3.8, 4) is 17.2 Å². The average Bonchev–Trinajstić information content (AvgIpc) is 2.39. The number of phosphoric acid groups is 1. The van der Waals surface area contributed by atoms with Gasteiger partial charge in [-0.25, -0.2) is 4.57 Å². The lowest BCUT2D eigenvalue weighted by Gasteiger charge is -2.18. The summed E-state index contributed by atoms with van der Waals surface area (Å²) in [5, 5.41) is 0. The Hall–Kier alpha value is -1.23. The zero-order valence-electron chi connectivity index (χ0n) is 11.5. The van der Waals surface area contributed by atoms with Crippen molar-refractivity contribution in [2.45, 2.75) is 13.8 Å². The summed E-state index contributed by atoms with van der Waals surface area (Å²) in [7, 11) is -0.603. The largest absolute Gasteiger partial charge is 0.530 e. The van der Waals surface area contributed by atoms with Crippen LogP contribution in [0, 0.1) is 0 Å². The molecule has 0 aliphatic heterocycles. The van der Waals surface area contributed by atoms with Crippen LogP contribution in [0.5, 0.6) is 17.2 Å². The van der Waals surface area contributed by atoms with E-state index in [0.717, 1.165) is 0 Å². The highest BCUT2D eigenvalue weighted by Crippen LogP contribution is 2.51. The van der Waals surface area contributed by atoms with Gasteiger partial charge in [-0.3, -0.25) is 9.05 Å². The Balaban J connectivity index is 2.99. The highest BCUT2D eigenvalue weighted by atomic mass is 31.2. The molecule has 19 heavy (non-hydrogen) atoms. The van der Waals surface area contributed by atoms with Gasteiger partial charge in [0.15, 0.2) is 11.5 Å². The lowest BCUT2D eigenvalue weighted by Crippen LogP contribution is -2.03. The summed E-state index contributed by atoms with van der Waals surface area (Å²) in [6, 6.07) is 4.88. The van der Waals surface area contributed by atoms with E-state index in [1.807, 2.05) is 0 Å².